The van der Waals surface area contributed by atoms with Crippen molar-refractivity contribution in [3.8, 4) is 11.5 Å². The zero-order chi connectivity index (χ0) is 21.6. The normalized spacial score (nSPS) is 14.5. The van der Waals surface area contributed by atoms with Crippen LogP contribution in [0.25, 0.3) is 0 Å². The van der Waals surface area contributed by atoms with Gasteiger partial charge >= 0.3 is 0 Å². The lowest BCUT2D eigenvalue weighted by Gasteiger charge is -2.35. The van der Waals surface area contributed by atoms with Crippen LogP contribution < -0.4 is 15.0 Å². The molecule has 0 unspecified atom stereocenters. The third-order valence-corrected chi connectivity index (χ3v) is 5.22. The van der Waals surface area contributed by atoms with Crippen LogP contribution in [0.1, 0.15) is 0 Å². The predicted molar refractivity (Wildman–Crippen MR) is 119 cm³/mol. The molecule has 4 rings (SSSR count). The van der Waals surface area contributed by atoms with E-state index in [1.165, 1.54) is 12.1 Å². The molecule has 0 amide bonds. The minimum absolute atomic E-state index is 0.143. The Kier molecular flexibility index (Phi) is 6.81. The van der Waals surface area contributed by atoms with Crippen molar-refractivity contribution < 1.29 is 14.2 Å². The Bertz CT molecular complexity index is 996. The molecule has 2 N–H and O–H groups in total. The molecule has 0 bridgehead atoms. The summed E-state index contributed by atoms with van der Waals surface area (Å²) < 4.78 is 19.3. The van der Waals surface area contributed by atoms with Crippen LogP contribution >= 0.6 is 11.6 Å². The zero-order valence-electron chi connectivity index (χ0n) is 16.8. The van der Waals surface area contributed by atoms with Gasteiger partial charge in [-0.05, 0) is 48.5 Å². The zero-order valence-corrected chi connectivity index (χ0v) is 17.6. The van der Waals surface area contributed by atoms with Crippen LogP contribution in [0, 0.1) is 5.82 Å². The van der Waals surface area contributed by atoms with Crippen LogP contribution in [-0.2, 0) is 0 Å². The summed E-state index contributed by atoms with van der Waals surface area (Å²) in [5.74, 6) is 1.91. The fraction of sp³-hybridized carbons (Fsp3) is 0.273. The van der Waals surface area contributed by atoms with Gasteiger partial charge in [0.15, 0.2) is 11.6 Å². The van der Waals surface area contributed by atoms with Gasteiger partial charge in [0.05, 0.1) is 12.8 Å². The number of rotatable bonds is 7. The van der Waals surface area contributed by atoms with Gasteiger partial charge in [-0.2, -0.15) is 4.98 Å². The van der Waals surface area contributed by atoms with E-state index in [1.54, 1.807) is 42.6 Å². The van der Waals surface area contributed by atoms with E-state index in [1.807, 2.05) is 0 Å². The molecule has 0 spiro atoms. The number of ether oxygens (including phenoxy) is 1. The van der Waals surface area contributed by atoms with Crippen LogP contribution in [0.5, 0.6) is 11.5 Å². The van der Waals surface area contributed by atoms with Crippen LogP contribution in [0.3, 0.4) is 0 Å². The molecule has 1 aromatic heterocycles. The van der Waals surface area contributed by atoms with Crippen molar-refractivity contribution in [1.82, 2.24) is 14.9 Å². The molecule has 0 atom stereocenters. The summed E-state index contributed by atoms with van der Waals surface area (Å²) in [6, 6.07) is 13.1. The van der Waals surface area contributed by atoms with E-state index >= 15 is 0 Å². The highest BCUT2D eigenvalue weighted by atomic mass is 35.5. The Morgan fingerprint density at radius 2 is 1.74 bits per heavy atom. The van der Waals surface area contributed by atoms with E-state index < -0.39 is 0 Å². The van der Waals surface area contributed by atoms with Crippen molar-refractivity contribution >= 4 is 29.1 Å². The summed E-state index contributed by atoms with van der Waals surface area (Å²) in [5.41, 5.74) is 0.687. The van der Waals surface area contributed by atoms with Crippen LogP contribution in [0.4, 0.5) is 21.8 Å². The smallest absolute Gasteiger partial charge is 0.229 e. The van der Waals surface area contributed by atoms with Crippen LogP contribution in [0.15, 0.2) is 54.7 Å². The number of nitrogens with one attached hydrogen (secondary N) is 1. The van der Waals surface area contributed by atoms with Crippen molar-refractivity contribution in [3.63, 3.8) is 0 Å². The Labute approximate surface area is 185 Å². The van der Waals surface area contributed by atoms with Crippen LogP contribution in [-0.4, -0.2) is 59.3 Å². The molecule has 1 aliphatic heterocycles. The number of piperazine rings is 1. The molecule has 1 aliphatic rings. The largest absolute Gasteiger partial charge is 0.452 e. The molecule has 2 aromatic carbocycles. The quantitative estimate of drug-likeness (QED) is 0.573. The summed E-state index contributed by atoms with van der Waals surface area (Å²) >= 11 is 5.97. The van der Waals surface area contributed by atoms with E-state index in [0.717, 1.165) is 26.2 Å². The minimum atomic E-state index is -0.306. The molecule has 0 aliphatic carbocycles. The van der Waals surface area contributed by atoms with Crippen molar-refractivity contribution in [2.45, 2.75) is 0 Å². The van der Waals surface area contributed by atoms with E-state index in [4.69, 9.17) is 16.3 Å². The van der Waals surface area contributed by atoms with Gasteiger partial charge in [-0.15, -0.1) is 0 Å². The number of halogens is 2. The monoisotopic (exact) mass is 443 g/mol. The Morgan fingerprint density at radius 3 is 2.42 bits per heavy atom. The van der Waals surface area contributed by atoms with Gasteiger partial charge in [0.1, 0.15) is 11.6 Å². The summed E-state index contributed by atoms with van der Waals surface area (Å²) in [7, 11) is 0. The second-order valence-electron chi connectivity index (χ2n) is 7.12. The average molecular weight is 444 g/mol. The Morgan fingerprint density at radius 1 is 1.03 bits per heavy atom. The molecule has 1 fully saturated rings. The maximum absolute atomic E-state index is 13.2. The highest BCUT2D eigenvalue weighted by Gasteiger charge is 2.22. The first-order chi connectivity index (χ1) is 15.1. The molecule has 2 heterocycles. The van der Waals surface area contributed by atoms with Crippen molar-refractivity contribution in [3.05, 3.63) is 65.6 Å². The molecule has 0 radical (unpaired) electrons. The molecule has 1 saturated heterocycles. The van der Waals surface area contributed by atoms with E-state index in [2.05, 4.69) is 25.1 Å². The summed E-state index contributed by atoms with van der Waals surface area (Å²) in [6.45, 7) is 3.90. The molecule has 31 heavy (non-hydrogen) atoms. The number of aliphatic hydroxyl groups is 1. The van der Waals surface area contributed by atoms with E-state index in [-0.39, 0.29) is 12.4 Å². The summed E-state index contributed by atoms with van der Waals surface area (Å²) in [4.78, 5) is 13.4. The van der Waals surface area contributed by atoms with Gasteiger partial charge in [-0.25, -0.2) is 9.37 Å². The predicted octanol–water partition coefficient (Wildman–Crippen LogP) is 3.92. The maximum Gasteiger partial charge on any atom is 0.229 e. The fourth-order valence-corrected chi connectivity index (χ4v) is 3.46. The van der Waals surface area contributed by atoms with Gasteiger partial charge in [-0.1, -0.05) is 11.6 Å². The average Bonchev–Trinajstić information content (AvgIpc) is 2.79. The molecule has 3 aromatic rings. The van der Waals surface area contributed by atoms with Gasteiger partial charge < -0.3 is 20.1 Å². The summed E-state index contributed by atoms with van der Waals surface area (Å²) in [6.07, 6.45) is 1.63. The maximum atomic E-state index is 13.2. The molecule has 9 heteroatoms. The number of β-amino-alcohol motifs (C(OH)–C–C–N with tert-alkyl or cyclic N) is 1. The van der Waals surface area contributed by atoms with Crippen molar-refractivity contribution in [2.24, 2.45) is 0 Å². The first-order valence-corrected chi connectivity index (χ1v) is 10.4. The van der Waals surface area contributed by atoms with Crippen LogP contribution in [0.2, 0.25) is 5.02 Å². The number of hydrogen-bond acceptors (Lipinski definition) is 7. The molecule has 7 nitrogen and oxygen atoms in total. The van der Waals surface area contributed by atoms with Gasteiger partial charge in [0.25, 0.3) is 0 Å². The number of aliphatic hydroxyl groups excluding tert-OH is 1. The van der Waals surface area contributed by atoms with Gasteiger partial charge in [0.2, 0.25) is 5.95 Å². The molecule has 162 valence electrons. The number of hydrogen-bond donors (Lipinski definition) is 2. The van der Waals surface area contributed by atoms with Gasteiger partial charge in [-0.3, -0.25) is 4.90 Å². The Balaban J connectivity index is 1.58. The van der Waals surface area contributed by atoms with Crippen molar-refractivity contribution in [2.75, 3.05) is 49.5 Å². The number of benzene rings is 2. The Hall–Kier alpha value is -2.94. The minimum Gasteiger partial charge on any atom is -0.452 e. The third-order valence-electron chi connectivity index (χ3n) is 4.97. The number of anilines is 3. The second-order valence-corrected chi connectivity index (χ2v) is 7.56. The standard InChI is InChI=1S/C22H23ClFN5O2/c23-16-1-7-19(8-2-16)31-20-15-25-22(26-18-5-3-17(24)4-6-18)27-21(20)29-11-9-28(10-12-29)13-14-30/h1-8,15,30H,9-14H2,(H,25,26,27). The molecular formula is C22H23ClFN5O2. The fourth-order valence-electron chi connectivity index (χ4n) is 3.34. The number of nitrogens with zero attached hydrogens (tertiary/aromatic N) is 4. The highest BCUT2D eigenvalue weighted by Crippen LogP contribution is 2.32. The second kappa shape index (κ2) is 9.91. The van der Waals surface area contributed by atoms with E-state index in [0.29, 0.717) is 40.5 Å². The lowest BCUT2D eigenvalue weighted by atomic mass is 10.3. The van der Waals surface area contributed by atoms with Gasteiger partial charge in [0, 0.05) is 43.4 Å². The first-order valence-electron chi connectivity index (χ1n) is 10.0. The SMILES string of the molecule is OCCN1CCN(c2nc(Nc3ccc(F)cc3)ncc2Oc2ccc(Cl)cc2)CC1. The van der Waals surface area contributed by atoms with E-state index in [9.17, 15) is 9.50 Å². The highest BCUT2D eigenvalue weighted by molar-refractivity contribution is 6.30. The molecule has 0 saturated carbocycles. The summed E-state index contributed by atoms with van der Waals surface area (Å²) in [5, 5.41) is 12.9. The van der Waals surface area contributed by atoms with Crippen molar-refractivity contribution in [1.29, 1.82) is 0 Å². The first kappa shape index (κ1) is 21.3. The lowest BCUT2D eigenvalue weighted by Crippen LogP contribution is -2.47. The third kappa shape index (κ3) is 5.61. The molecular weight excluding hydrogens is 421 g/mol. The topological polar surface area (TPSA) is 73.8 Å². The lowest BCUT2D eigenvalue weighted by molar-refractivity contribution is 0.188. The number of aromatic nitrogens is 2.